The Hall–Kier alpha value is -1.95. The first-order valence-corrected chi connectivity index (χ1v) is 4.25. The third-order valence-electron chi connectivity index (χ3n) is 2.26. The van der Waals surface area contributed by atoms with Crippen molar-refractivity contribution in [2.75, 3.05) is 0 Å². The van der Waals surface area contributed by atoms with Gasteiger partial charge >= 0.3 is 0 Å². The number of fused-ring (bicyclic) bond motifs is 3. The molecule has 0 spiro atoms. The fourth-order valence-corrected chi connectivity index (χ4v) is 1.59. The summed E-state index contributed by atoms with van der Waals surface area (Å²) in [4.78, 5) is 7.27. The molecule has 0 radical (unpaired) electrons. The Balaban J connectivity index is 2.58. The number of nitrogens with one attached hydrogen (secondary N) is 1. The van der Waals surface area contributed by atoms with Crippen molar-refractivity contribution in [3.8, 4) is 0 Å². The molecular formula is C8H8N6. The average molecular weight is 188 g/mol. The number of aromatic amines is 1. The van der Waals surface area contributed by atoms with Crippen LogP contribution in [0.2, 0.25) is 0 Å². The fraction of sp³-hybridized carbons (Fsp3) is 0.125. The summed E-state index contributed by atoms with van der Waals surface area (Å²) in [5.41, 5.74) is 9.12. The van der Waals surface area contributed by atoms with E-state index < -0.39 is 0 Å². The second-order valence-corrected chi connectivity index (χ2v) is 3.03. The van der Waals surface area contributed by atoms with Crippen molar-refractivity contribution in [2.24, 2.45) is 5.73 Å². The molecule has 3 N–H and O–H groups in total. The highest BCUT2D eigenvalue weighted by molar-refractivity contribution is 5.78. The van der Waals surface area contributed by atoms with E-state index in [9.17, 15) is 0 Å². The van der Waals surface area contributed by atoms with Gasteiger partial charge in [-0.2, -0.15) is 0 Å². The van der Waals surface area contributed by atoms with Gasteiger partial charge in [-0.25, -0.2) is 4.98 Å². The monoisotopic (exact) mass is 188 g/mol. The van der Waals surface area contributed by atoms with Gasteiger partial charge in [-0.15, -0.1) is 10.2 Å². The lowest BCUT2D eigenvalue weighted by Gasteiger charge is -1.96. The summed E-state index contributed by atoms with van der Waals surface area (Å²) in [6.45, 7) is 0.471. The van der Waals surface area contributed by atoms with Crippen LogP contribution < -0.4 is 5.73 Å². The van der Waals surface area contributed by atoms with Crippen molar-refractivity contribution in [1.82, 2.24) is 24.6 Å². The van der Waals surface area contributed by atoms with Crippen molar-refractivity contribution in [3.05, 3.63) is 24.3 Å². The molecular weight excluding hydrogens is 180 g/mol. The smallest absolute Gasteiger partial charge is 0.179 e. The fourth-order valence-electron chi connectivity index (χ4n) is 1.59. The number of hydrogen-bond acceptors (Lipinski definition) is 4. The third kappa shape index (κ3) is 0.801. The van der Waals surface area contributed by atoms with Gasteiger partial charge in [-0.3, -0.25) is 4.40 Å². The second kappa shape index (κ2) is 2.52. The number of nitrogens with zero attached hydrogens (tertiary/aromatic N) is 4. The van der Waals surface area contributed by atoms with Gasteiger partial charge in [0.2, 0.25) is 0 Å². The first-order chi connectivity index (χ1) is 6.90. The molecule has 0 atom stereocenters. The minimum Gasteiger partial charge on any atom is -0.345 e. The Morgan fingerprint density at radius 3 is 3.29 bits per heavy atom. The Bertz CT molecular complexity index is 592. The minimum atomic E-state index is 0.471. The minimum absolute atomic E-state index is 0.471. The predicted molar refractivity (Wildman–Crippen MR) is 50.5 cm³/mol. The van der Waals surface area contributed by atoms with Crippen molar-refractivity contribution in [1.29, 1.82) is 0 Å². The zero-order chi connectivity index (χ0) is 9.54. The Morgan fingerprint density at radius 1 is 1.50 bits per heavy atom. The largest absolute Gasteiger partial charge is 0.345 e. The van der Waals surface area contributed by atoms with E-state index in [1.165, 1.54) is 0 Å². The summed E-state index contributed by atoms with van der Waals surface area (Å²) in [5.74, 6) is 0. The molecule has 70 valence electrons. The van der Waals surface area contributed by atoms with Crippen LogP contribution in [0.25, 0.3) is 16.8 Å². The van der Waals surface area contributed by atoms with Crippen LogP contribution in [0.5, 0.6) is 0 Å². The molecule has 0 fully saturated rings. The van der Waals surface area contributed by atoms with Gasteiger partial charge in [0.25, 0.3) is 0 Å². The van der Waals surface area contributed by atoms with Crippen LogP contribution in [-0.2, 0) is 6.54 Å². The highest BCUT2D eigenvalue weighted by atomic mass is 15.2. The summed E-state index contributed by atoms with van der Waals surface area (Å²) >= 11 is 0. The molecule has 14 heavy (non-hydrogen) atoms. The van der Waals surface area contributed by atoms with E-state index in [2.05, 4.69) is 20.2 Å². The predicted octanol–water partition coefficient (Wildman–Crippen LogP) is 0.0643. The summed E-state index contributed by atoms with van der Waals surface area (Å²) in [7, 11) is 0. The van der Waals surface area contributed by atoms with Gasteiger partial charge in [0, 0.05) is 18.3 Å². The van der Waals surface area contributed by atoms with Crippen molar-refractivity contribution in [2.45, 2.75) is 6.54 Å². The van der Waals surface area contributed by atoms with Crippen LogP contribution >= 0.6 is 0 Å². The van der Waals surface area contributed by atoms with Gasteiger partial charge in [-0.1, -0.05) is 0 Å². The van der Waals surface area contributed by atoms with Crippen LogP contribution in [0, 0.1) is 0 Å². The number of aromatic nitrogens is 5. The molecule has 0 bridgehead atoms. The maximum absolute atomic E-state index is 5.62. The van der Waals surface area contributed by atoms with E-state index in [1.807, 2.05) is 10.6 Å². The quantitative estimate of drug-likeness (QED) is 0.565. The lowest BCUT2D eigenvalue weighted by molar-refractivity contribution is 1.07. The molecule has 6 nitrogen and oxygen atoms in total. The Morgan fingerprint density at radius 2 is 2.43 bits per heavy atom. The molecule has 6 heteroatoms. The molecule has 0 aliphatic carbocycles. The molecule has 0 unspecified atom stereocenters. The Kier molecular flexibility index (Phi) is 1.34. The molecule has 0 aliphatic rings. The van der Waals surface area contributed by atoms with Crippen molar-refractivity contribution in [3.63, 3.8) is 0 Å². The molecule has 0 saturated heterocycles. The molecule has 0 amide bonds. The number of rotatable bonds is 1. The number of H-pyrrole nitrogens is 1. The molecule has 3 aromatic rings. The van der Waals surface area contributed by atoms with Crippen LogP contribution in [0.3, 0.4) is 0 Å². The maximum Gasteiger partial charge on any atom is 0.179 e. The van der Waals surface area contributed by atoms with E-state index in [0.717, 1.165) is 22.4 Å². The zero-order valence-electron chi connectivity index (χ0n) is 7.31. The Labute approximate surface area is 78.8 Å². The van der Waals surface area contributed by atoms with E-state index in [4.69, 9.17) is 5.73 Å². The van der Waals surface area contributed by atoms with E-state index in [0.29, 0.717) is 6.54 Å². The average Bonchev–Trinajstić information content (AvgIpc) is 2.82. The van der Waals surface area contributed by atoms with Gasteiger partial charge in [-0.05, 0) is 0 Å². The SMILES string of the molecule is NCc1c[nH]c2ncc3nncn3c12. The normalized spacial score (nSPS) is 11.5. The van der Waals surface area contributed by atoms with Crippen LogP contribution in [0.1, 0.15) is 5.56 Å². The highest BCUT2D eigenvalue weighted by Crippen LogP contribution is 2.16. The zero-order valence-corrected chi connectivity index (χ0v) is 7.31. The van der Waals surface area contributed by atoms with Gasteiger partial charge < -0.3 is 10.7 Å². The summed E-state index contributed by atoms with van der Waals surface area (Å²) < 4.78 is 1.88. The molecule has 0 saturated carbocycles. The summed E-state index contributed by atoms with van der Waals surface area (Å²) in [6.07, 6.45) is 5.19. The van der Waals surface area contributed by atoms with Gasteiger partial charge in [0.05, 0.1) is 11.7 Å². The number of hydrogen-bond donors (Lipinski definition) is 2. The standard InChI is InChI=1S/C8H8N6/c9-1-5-2-10-8-7(5)14-4-12-13-6(14)3-11-8/h2-4,10H,1,9H2. The van der Waals surface area contributed by atoms with Crippen LogP contribution in [-0.4, -0.2) is 24.6 Å². The van der Waals surface area contributed by atoms with Crippen molar-refractivity contribution < 1.29 is 0 Å². The number of nitrogens with two attached hydrogens (primary N) is 1. The van der Waals surface area contributed by atoms with Gasteiger partial charge in [0.15, 0.2) is 11.3 Å². The molecule has 3 aromatic heterocycles. The molecule has 0 aliphatic heterocycles. The first-order valence-electron chi connectivity index (χ1n) is 4.25. The summed E-state index contributed by atoms with van der Waals surface area (Å²) in [5, 5.41) is 7.74. The van der Waals surface area contributed by atoms with E-state index >= 15 is 0 Å². The maximum atomic E-state index is 5.62. The summed E-state index contributed by atoms with van der Waals surface area (Å²) in [6, 6.07) is 0. The topological polar surface area (TPSA) is 84.9 Å². The molecule has 3 rings (SSSR count). The molecule has 0 aromatic carbocycles. The lowest BCUT2D eigenvalue weighted by Crippen LogP contribution is -1.97. The lowest BCUT2D eigenvalue weighted by atomic mass is 10.3. The van der Waals surface area contributed by atoms with Crippen LogP contribution in [0.15, 0.2) is 18.7 Å². The highest BCUT2D eigenvalue weighted by Gasteiger charge is 2.07. The van der Waals surface area contributed by atoms with E-state index in [-0.39, 0.29) is 0 Å². The second-order valence-electron chi connectivity index (χ2n) is 3.03. The first kappa shape index (κ1) is 7.45. The third-order valence-corrected chi connectivity index (χ3v) is 2.26. The van der Waals surface area contributed by atoms with E-state index in [1.54, 1.807) is 12.5 Å². The van der Waals surface area contributed by atoms with Crippen LogP contribution in [0.4, 0.5) is 0 Å². The van der Waals surface area contributed by atoms with Gasteiger partial charge in [0.1, 0.15) is 6.33 Å². The molecule has 3 heterocycles. The van der Waals surface area contributed by atoms with Crippen molar-refractivity contribution >= 4 is 16.8 Å².